The van der Waals surface area contributed by atoms with Crippen molar-refractivity contribution in [2.45, 2.75) is 39.7 Å². The second-order valence-corrected chi connectivity index (χ2v) is 3.78. The standard InChI is InChI=1S/C11H19N3O/c1-9-8-11(15)14(10(2)13-9)7-5-3-4-6-12/h8H,3-7,12H2,1-2H3. The molecular formula is C11H19N3O. The van der Waals surface area contributed by atoms with E-state index < -0.39 is 0 Å². The number of rotatable bonds is 5. The molecule has 0 spiro atoms. The third-order valence-electron chi connectivity index (χ3n) is 2.41. The molecule has 0 amide bonds. The number of nitrogens with two attached hydrogens (primary N) is 1. The Morgan fingerprint density at radius 1 is 1.33 bits per heavy atom. The van der Waals surface area contributed by atoms with Crippen molar-refractivity contribution >= 4 is 0 Å². The van der Waals surface area contributed by atoms with Crippen LogP contribution in [0, 0.1) is 13.8 Å². The van der Waals surface area contributed by atoms with E-state index in [1.165, 1.54) is 0 Å². The molecule has 2 N–H and O–H groups in total. The van der Waals surface area contributed by atoms with Gasteiger partial charge in [0, 0.05) is 18.3 Å². The number of hydrogen-bond donors (Lipinski definition) is 1. The van der Waals surface area contributed by atoms with Gasteiger partial charge in [0.05, 0.1) is 0 Å². The normalized spacial score (nSPS) is 10.6. The molecule has 4 nitrogen and oxygen atoms in total. The summed E-state index contributed by atoms with van der Waals surface area (Å²) < 4.78 is 1.73. The van der Waals surface area contributed by atoms with Crippen LogP contribution in [0.5, 0.6) is 0 Å². The predicted octanol–water partition coefficient (Wildman–Crippen LogP) is 0.989. The van der Waals surface area contributed by atoms with Crippen LogP contribution >= 0.6 is 0 Å². The second kappa shape index (κ2) is 5.66. The summed E-state index contributed by atoms with van der Waals surface area (Å²) in [5.74, 6) is 0.799. The molecule has 1 aromatic rings. The minimum Gasteiger partial charge on any atom is -0.330 e. The number of unbranched alkanes of at least 4 members (excludes halogenated alkanes) is 2. The van der Waals surface area contributed by atoms with Gasteiger partial charge in [0.2, 0.25) is 0 Å². The van der Waals surface area contributed by atoms with Crippen LogP contribution in [0.25, 0.3) is 0 Å². The molecule has 0 bridgehead atoms. The highest BCUT2D eigenvalue weighted by Gasteiger charge is 2.01. The molecule has 1 rings (SSSR count). The molecule has 0 fully saturated rings. The van der Waals surface area contributed by atoms with Gasteiger partial charge in [0.15, 0.2) is 0 Å². The summed E-state index contributed by atoms with van der Waals surface area (Å²) in [6.07, 6.45) is 3.08. The molecule has 15 heavy (non-hydrogen) atoms. The van der Waals surface area contributed by atoms with E-state index in [1.54, 1.807) is 10.6 Å². The quantitative estimate of drug-likeness (QED) is 0.736. The van der Waals surface area contributed by atoms with Gasteiger partial charge in [0.1, 0.15) is 5.82 Å². The van der Waals surface area contributed by atoms with E-state index in [9.17, 15) is 4.79 Å². The van der Waals surface area contributed by atoms with E-state index >= 15 is 0 Å². The zero-order chi connectivity index (χ0) is 11.3. The maximum Gasteiger partial charge on any atom is 0.253 e. The smallest absolute Gasteiger partial charge is 0.253 e. The summed E-state index contributed by atoms with van der Waals surface area (Å²) in [6, 6.07) is 1.58. The van der Waals surface area contributed by atoms with Crippen molar-refractivity contribution in [3.8, 4) is 0 Å². The molecule has 0 radical (unpaired) electrons. The predicted molar refractivity (Wildman–Crippen MR) is 60.9 cm³/mol. The van der Waals surface area contributed by atoms with E-state index in [-0.39, 0.29) is 5.56 Å². The Balaban J connectivity index is 2.65. The lowest BCUT2D eigenvalue weighted by Crippen LogP contribution is -2.23. The fraction of sp³-hybridized carbons (Fsp3) is 0.636. The number of hydrogen-bond acceptors (Lipinski definition) is 3. The first-order chi connectivity index (χ1) is 7.15. The van der Waals surface area contributed by atoms with Crippen LogP contribution < -0.4 is 11.3 Å². The van der Waals surface area contributed by atoms with Crippen LogP contribution in [0.2, 0.25) is 0 Å². The lowest BCUT2D eigenvalue weighted by molar-refractivity contribution is 0.556. The molecule has 84 valence electrons. The van der Waals surface area contributed by atoms with Gasteiger partial charge >= 0.3 is 0 Å². The van der Waals surface area contributed by atoms with Crippen LogP contribution in [0.1, 0.15) is 30.8 Å². The molecule has 0 aliphatic rings. The third-order valence-corrected chi connectivity index (χ3v) is 2.41. The molecule has 0 saturated carbocycles. The van der Waals surface area contributed by atoms with Crippen molar-refractivity contribution < 1.29 is 0 Å². The Kier molecular flexibility index (Phi) is 4.49. The Labute approximate surface area is 90.1 Å². The average Bonchev–Trinajstić information content (AvgIpc) is 2.15. The number of nitrogens with zero attached hydrogens (tertiary/aromatic N) is 2. The maximum absolute atomic E-state index is 11.6. The Hall–Kier alpha value is -1.16. The lowest BCUT2D eigenvalue weighted by atomic mass is 10.2. The van der Waals surface area contributed by atoms with Gasteiger partial charge in [-0.2, -0.15) is 0 Å². The summed E-state index contributed by atoms with van der Waals surface area (Å²) in [5.41, 5.74) is 6.24. The van der Waals surface area contributed by atoms with E-state index in [0.717, 1.165) is 43.9 Å². The number of aromatic nitrogens is 2. The minimum atomic E-state index is 0.0488. The molecular weight excluding hydrogens is 190 g/mol. The van der Waals surface area contributed by atoms with E-state index in [0.29, 0.717) is 0 Å². The van der Waals surface area contributed by atoms with Crippen molar-refractivity contribution in [2.75, 3.05) is 6.54 Å². The Bertz CT molecular complexity index is 371. The van der Waals surface area contributed by atoms with Crippen molar-refractivity contribution in [1.82, 2.24) is 9.55 Å². The van der Waals surface area contributed by atoms with Crippen molar-refractivity contribution in [3.05, 3.63) is 27.9 Å². The van der Waals surface area contributed by atoms with Crippen molar-refractivity contribution in [1.29, 1.82) is 0 Å². The van der Waals surface area contributed by atoms with Crippen LogP contribution in [-0.4, -0.2) is 16.1 Å². The molecule has 0 atom stereocenters. The highest BCUT2D eigenvalue weighted by Crippen LogP contribution is 1.99. The zero-order valence-electron chi connectivity index (χ0n) is 9.49. The zero-order valence-corrected chi connectivity index (χ0v) is 9.49. The summed E-state index contributed by atoms with van der Waals surface area (Å²) in [5, 5.41) is 0. The summed E-state index contributed by atoms with van der Waals surface area (Å²) in [4.78, 5) is 15.9. The monoisotopic (exact) mass is 209 g/mol. The molecule has 0 aromatic carbocycles. The van der Waals surface area contributed by atoms with Gasteiger partial charge in [-0.1, -0.05) is 6.42 Å². The fourth-order valence-corrected chi connectivity index (χ4v) is 1.63. The third kappa shape index (κ3) is 3.47. The van der Waals surface area contributed by atoms with Gasteiger partial charge < -0.3 is 5.73 Å². The minimum absolute atomic E-state index is 0.0488. The van der Waals surface area contributed by atoms with Crippen LogP contribution in [0.3, 0.4) is 0 Å². The molecule has 1 aromatic heterocycles. The van der Waals surface area contributed by atoms with Crippen LogP contribution in [0.15, 0.2) is 10.9 Å². The van der Waals surface area contributed by atoms with Crippen LogP contribution in [-0.2, 0) is 6.54 Å². The van der Waals surface area contributed by atoms with Crippen LogP contribution in [0.4, 0.5) is 0 Å². The first-order valence-electron chi connectivity index (χ1n) is 5.40. The Morgan fingerprint density at radius 2 is 2.07 bits per heavy atom. The molecule has 1 heterocycles. The first kappa shape index (κ1) is 11.9. The topological polar surface area (TPSA) is 60.9 Å². The van der Waals surface area contributed by atoms with Gasteiger partial charge in [-0.15, -0.1) is 0 Å². The van der Waals surface area contributed by atoms with Gasteiger partial charge in [-0.3, -0.25) is 9.36 Å². The summed E-state index contributed by atoms with van der Waals surface area (Å²) in [6.45, 7) is 5.18. The van der Waals surface area contributed by atoms with Crippen molar-refractivity contribution in [2.24, 2.45) is 5.73 Å². The first-order valence-corrected chi connectivity index (χ1v) is 5.40. The largest absolute Gasteiger partial charge is 0.330 e. The van der Waals surface area contributed by atoms with Gasteiger partial charge in [0.25, 0.3) is 5.56 Å². The molecule has 0 saturated heterocycles. The SMILES string of the molecule is Cc1cc(=O)n(CCCCCN)c(C)n1. The maximum atomic E-state index is 11.6. The van der Waals surface area contributed by atoms with E-state index in [1.807, 2.05) is 13.8 Å². The molecule has 4 heteroatoms. The van der Waals surface area contributed by atoms with Gasteiger partial charge in [-0.25, -0.2) is 4.98 Å². The summed E-state index contributed by atoms with van der Waals surface area (Å²) >= 11 is 0. The van der Waals surface area contributed by atoms with Crippen molar-refractivity contribution in [3.63, 3.8) is 0 Å². The average molecular weight is 209 g/mol. The summed E-state index contributed by atoms with van der Waals surface area (Å²) in [7, 11) is 0. The molecule has 0 unspecified atom stereocenters. The number of aryl methyl sites for hydroxylation is 2. The Morgan fingerprint density at radius 3 is 2.67 bits per heavy atom. The molecule has 0 aliphatic carbocycles. The molecule has 0 aliphatic heterocycles. The fourth-order valence-electron chi connectivity index (χ4n) is 1.63. The lowest BCUT2D eigenvalue weighted by Gasteiger charge is -2.08. The second-order valence-electron chi connectivity index (χ2n) is 3.78. The highest BCUT2D eigenvalue weighted by atomic mass is 16.1. The highest BCUT2D eigenvalue weighted by molar-refractivity contribution is 5.01. The van der Waals surface area contributed by atoms with E-state index in [4.69, 9.17) is 5.73 Å². The van der Waals surface area contributed by atoms with E-state index in [2.05, 4.69) is 4.98 Å². The van der Waals surface area contributed by atoms with Gasteiger partial charge in [-0.05, 0) is 33.2 Å².